The highest BCUT2D eigenvalue weighted by atomic mass is 16.3. The molecule has 1 nitrogen and oxygen atoms in total. The largest absolute Gasteiger partial charge is 0.393 e. The molecular weight excluding hydrogens is 412 g/mol. The molecule has 3 aliphatic rings. The van der Waals surface area contributed by atoms with E-state index in [9.17, 15) is 5.11 Å². The van der Waals surface area contributed by atoms with Gasteiger partial charge in [-0.25, -0.2) is 0 Å². The van der Waals surface area contributed by atoms with E-state index in [1.54, 1.807) is 0 Å². The summed E-state index contributed by atoms with van der Waals surface area (Å²) < 4.78 is 0. The Bertz CT molecular complexity index is 475. The van der Waals surface area contributed by atoms with Gasteiger partial charge in [0.05, 0.1) is 6.10 Å². The number of aliphatic hydroxyl groups is 1. The van der Waals surface area contributed by atoms with Crippen LogP contribution in [0.15, 0.2) is 12.2 Å². The topological polar surface area (TPSA) is 20.2 Å². The van der Waals surface area contributed by atoms with E-state index < -0.39 is 0 Å². The van der Waals surface area contributed by atoms with E-state index in [1.165, 1.54) is 77.0 Å². The standard InChI is InChI=1S/C27H48O.3C2H6/c1-5-10-23-13-9-14-25(27(23)28)26-21(4)18-20(3)24(26)16-15-19(2)17-22-11-7-6-8-12-22;3*1-2/h15-16,19-28H,5-14,17-18H2,1-4H3;3*1-2H3/b16-15+;;;. The van der Waals surface area contributed by atoms with Gasteiger partial charge in [-0.2, -0.15) is 0 Å². The summed E-state index contributed by atoms with van der Waals surface area (Å²) in [7, 11) is 0. The van der Waals surface area contributed by atoms with Crippen LogP contribution in [0, 0.1) is 47.3 Å². The Labute approximate surface area is 217 Å². The average molecular weight is 479 g/mol. The van der Waals surface area contributed by atoms with E-state index >= 15 is 0 Å². The Kier molecular flexibility index (Phi) is 19.7. The maximum atomic E-state index is 11.2. The Morgan fingerprint density at radius 3 is 2.03 bits per heavy atom. The van der Waals surface area contributed by atoms with Crippen molar-refractivity contribution in [2.75, 3.05) is 0 Å². The van der Waals surface area contributed by atoms with Crippen molar-refractivity contribution in [1.82, 2.24) is 0 Å². The second-order valence-corrected chi connectivity index (χ2v) is 11.1. The maximum absolute atomic E-state index is 11.2. The highest BCUT2D eigenvalue weighted by molar-refractivity contribution is 5.05. The predicted octanol–water partition coefficient (Wildman–Crippen LogP) is 10.7. The number of rotatable bonds is 7. The van der Waals surface area contributed by atoms with Gasteiger partial charge in [0.15, 0.2) is 0 Å². The fraction of sp³-hybridized carbons (Fsp3) is 0.939. The Morgan fingerprint density at radius 1 is 0.824 bits per heavy atom. The highest BCUT2D eigenvalue weighted by Gasteiger charge is 2.46. The van der Waals surface area contributed by atoms with Gasteiger partial charge in [0.2, 0.25) is 0 Å². The predicted molar refractivity (Wildman–Crippen MR) is 155 cm³/mol. The smallest absolute Gasteiger partial charge is 0.0599 e. The molecular formula is C33H66O. The fourth-order valence-electron chi connectivity index (χ4n) is 7.44. The second-order valence-electron chi connectivity index (χ2n) is 11.1. The lowest BCUT2D eigenvalue weighted by Crippen LogP contribution is -2.40. The van der Waals surface area contributed by atoms with E-state index in [4.69, 9.17) is 0 Å². The second kappa shape index (κ2) is 19.8. The Balaban J connectivity index is 0.00000168. The summed E-state index contributed by atoms with van der Waals surface area (Å²) in [6.07, 6.45) is 21.4. The lowest BCUT2D eigenvalue weighted by Gasteiger charge is -2.41. The first-order valence-corrected chi connectivity index (χ1v) is 15.9. The van der Waals surface area contributed by atoms with Gasteiger partial charge in [-0.15, -0.1) is 0 Å². The monoisotopic (exact) mass is 479 g/mol. The lowest BCUT2D eigenvalue weighted by molar-refractivity contribution is -0.0263. The van der Waals surface area contributed by atoms with E-state index in [0.29, 0.717) is 23.7 Å². The SMILES string of the molecule is CC.CC.CC.CCCC1CCCC(C2C(C)CC(C)C2/C=C/C(C)CC2CCCCC2)C1O. The third kappa shape index (κ3) is 10.4. The first kappa shape index (κ1) is 33.7. The molecule has 204 valence electrons. The van der Waals surface area contributed by atoms with Gasteiger partial charge in [0.25, 0.3) is 0 Å². The van der Waals surface area contributed by atoms with Gasteiger partial charge in [-0.3, -0.25) is 0 Å². The zero-order chi connectivity index (χ0) is 26.1. The van der Waals surface area contributed by atoms with Crippen molar-refractivity contribution >= 4 is 0 Å². The van der Waals surface area contributed by atoms with Crippen molar-refractivity contribution < 1.29 is 5.11 Å². The molecule has 8 unspecified atom stereocenters. The quantitative estimate of drug-likeness (QED) is 0.361. The molecule has 8 atom stereocenters. The molecule has 0 heterocycles. The van der Waals surface area contributed by atoms with Crippen molar-refractivity contribution in [3.05, 3.63) is 12.2 Å². The number of allylic oxidation sites excluding steroid dienone is 2. The van der Waals surface area contributed by atoms with Crippen LogP contribution in [0.1, 0.15) is 146 Å². The van der Waals surface area contributed by atoms with Crippen LogP contribution in [0.5, 0.6) is 0 Å². The molecule has 3 fully saturated rings. The van der Waals surface area contributed by atoms with Gasteiger partial charge in [0.1, 0.15) is 0 Å². The maximum Gasteiger partial charge on any atom is 0.0599 e. The lowest BCUT2D eigenvalue weighted by atomic mass is 9.66. The third-order valence-corrected chi connectivity index (χ3v) is 8.78. The normalized spacial score (nSPS) is 34.7. The molecule has 1 heteroatoms. The third-order valence-electron chi connectivity index (χ3n) is 8.78. The molecule has 0 aliphatic heterocycles. The van der Waals surface area contributed by atoms with Crippen LogP contribution in [0.4, 0.5) is 0 Å². The Hall–Kier alpha value is -0.300. The molecule has 1 N–H and O–H groups in total. The zero-order valence-electron chi connectivity index (χ0n) is 25.3. The van der Waals surface area contributed by atoms with Crippen molar-refractivity contribution in [2.45, 2.75) is 152 Å². The van der Waals surface area contributed by atoms with Crippen molar-refractivity contribution in [3.8, 4) is 0 Å². The van der Waals surface area contributed by atoms with Crippen molar-refractivity contribution in [1.29, 1.82) is 0 Å². The van der Waals surface area contributed by atoms with E-state index in [1.807, 2.05) is 41.5 Å². The summed E-state index contributed by atoms with van der Waals surface area (Å²) in [5.41, 5.74) is 0. The summed E-state index contributed by atoms with van der Waals surface area (Å²) in [5, 5.41) is 11.2. The molecule has 34 heavy (non-hydrogen) atoms. The molecule has 0 saturated heterocycles. The van der Waals surface area contributed by atoms with Gasteiger partial charge in [0, 0.05) is 0 Å². The highest BCUT2D eigenvalue weighted by Crippen LogP contribution is 2.51. The van der Waals surface area contributed by atoms with Crippen LogP contribution in [-0.4, -0.2) is 11.2 Å². The van der Waals surface area contributed by atoms with Gasteiger partial charge < -0.3 is 5.11 Å². The van der Waals surface area contributed by atoms with Crippen molar-refractivity contribution in [2.24, 2.45) is 47.3 Å². The van der Waals surface area contributed by atoms with Crippen LogP contribution in [0.2, 0.25) is 0 Å². The summed E-state index contributed by atoms with van der Waals surface area (Å²) in [6, 6.07) is 0. The molecule has 3 aliphatic carbocycles. The minimum atomic E-state index is -0.0537. The molecule has 0 aromatic rings. The minimum Gasteiger partial charge on any atom is -0.393 e. The van der Waals surface area contributed by atoms with Crippen LogP contribution in [-0.2, 0) is 0 Å². The molecule has 0 radical (unpaired) electrons. The van der Waals surface area contributed by atoms with E-state index in [0.717, 1.165) is 23.7 Å². The molecule has 0 aromatic heterocycles. The summed E-state index contributed by atoms with van der Waals surface area (Å²) >= 11 is 0. The van der Waals surface area contributed by atoms with Crippen LogP contribution >= 0.6 is 0 Å². The average Bonchev–Trinajstić information content (AvgIpc) is 3.16. The fourth-order valence-corrected chi connectivity index (χ4v) is 7.44. The van der Waals surface area contributed by atoms with Crippen LogP contribution < -0.4 is 0 Å². The molecule has 3 saturated carbocycles. The van der Waals surface area contributed by atoms with Gasteiger partial charge in [-0.1, -0.05) is 126 Å². The zero-order valence-corrected chi connectivity index (χ0v) is 25.3. The molecule has 0 spiro atoms. The first-order chi connectivity index (χ1) is 16.5. The summed E-state index contributed by atoms with van der Waals surface area (Å²) in [5.74, 6) is 5.70. The summed E-state index contributed by atoms with van der Waals surface area (Å²) in [4.78, 5) is 0. The Morgan fingerprint density at radius 2 is 1.44 bits per heavy atom. The minimum absolute atomic E-state index is 0.0537. The molecule has 3 rings (SSSR count). The van der Waals surface area contributed by atoms with Crippen LogP contribution in [0.25, 0.3) is 0 Å². The molecule has 0 aromatic carbocycles. The van der Waals surface area contributed by atoms with E-state index in [-0.39, 0.29) is 6.10 Å². The van der Waals surface area contributed by atoms with Crippen molar-refractivity contribution in [3.63, 3.8) is 0 Å². The molecule has 0 amide bonds. The van der Waals surface area contributed by atoms with E-state index in [2.05, 4.69) is 39.8 Å². The molecule has 0 bridgehead atoms. The van der Waals surface area contributed by atoms with Gasteiger partial charge in [-0.05, 0) is 79.4 Å². The number of hydrogen-bond acceptors (Lipinski definition) is 1. The number of hydrogen-bond donors (Lipinski definition) is 1. The van der Waals surface area contributed by atoms with Crippen LogP contribution in [0.3, 0.4) is 0 Å². The first-order valence-electron chi connectivity index (χ1n) is 15.9. The van der Waals surface area contributed by atoms with Gasteiger partial charge >= 0.3 is 0 Å². The number of aliphatic hydroxyl groups excluding tert-OH is 1. The summed E-state index contributed by atoms with van der Waals surface area (Å²) in [6.45, 7) is 21.7.